The predicted molar refractivity (Wildman–Crippen MR) is 65.7 cm³/mol. The molecule has 0 unspecified atom stereocenters. The molecule has 0 radical (unpaired) electrons. The molecule has 1 aliphatic heterocycles. The zero-order valence-corrected chi connectivity index (χ0v) is 10.5. The van der Waals surface area contributed by atoms with Crippen LogP contribution >= 0.6 is 0 Å². The highest BCUT2D eigenvalue weighted by Gasteiger charge is 2.17. The molecule has 17 heavy (non-hydrogen) atoms. The summed E-state index contributed by atoms with van der Waals surface area (Å²) in [5, 5.41) is 3.16. The summed E-state index contributed by atoms with van der Waals surface area (Å²) in [4.78, 5) is 0.293. The first-order valence-electron chi connectivity index (χ1n) is 5.49. The van der Waals surface area contributed by atoms with Crippen molar-refractivity contribution in [2.45, 2.75) is 11.3 Å². The molecule has 1 aromatic carbocycles. The van der Waals surface area contributed by atoms with Gasteiger partial charge in [0.1, 0.15) is 0 Å². The minimum Gasteiger partial charge on any atom is -0.384 e. The fraction of sp³-hybridized carbons (Fsp3) is 0.455. The summed E-state index contributed by atoms with van der Waals surface area (Å²) in [6.07, 6.45) is 0.951. The summed E-state index contributed by atoms with van der Waals surface area (Å²) in [5.41, 5.74) is 2.08. The van der Waals surface area contributed by atoms with E-state index in [-0.39, 0.29) is 6.54 Å². The van der Waals surface area contributed by atoms with Gasteiger partial charge in [-0.2, -0.15) is 0 Å². The number of anilines is 1. The summed E-state index contributed by atoms with van der Waals surface area (Å²) in [6, 6.07) is 5.18. The van der Waals surface area contributed by atoms with E-state index in [9.17, 15) is 8.42 Å². The summed E-state index contributed by atoms with van der Waals surface area (Å²) < 4.78 is 31.1. The molecular weight excluding hydrogens is 240 g/mol. The van der Waals surface area contributed by atoms with Crippen molar-refractivity contribution >= 4 is 15.7 Å². The van der Waals surface area contributed by atoms with Crippen LogP contribution in [0.25, 0.3) is 0 Å². The van der Waals surface area contributed by atoms with Gasteiger partial charge in [0.05, 0.1) is 11.5 Å². The van der Waals surface area contributed by atoms with Crippen LogP contribution in [0, 0.1) is 0 Å². The maximum atomic E-state index is 11.9. The van der Waals surface area contributed by atoms with Gasteiger partial charge in [0.25, 0.3) is 0 Å². The third-order valence-electron chi connectivity index (χ3n) is 2.70. The number of benzene rings is 1. The average Bonchev–Trinajstić information content (AvgIpc) is 2.76. The van der Waals surface area contributed by atoms with E-state index in [0.29, 0.717) is 11.5 Å². The second-order valence-corrected chi connectivity index (χ2v) is 5.65. The molecule has 0 aliphatic carbocycles. The van der Waals surface area contributed by atoms with Crippen molar-refractivity contribution in [3.05, 3.63) is 23.8 Å². The number of hydrogen-bond donors (Lipinski definition) is 2. The number of methoxy groups -OCH3 is 1. The molecule has 0 fully saturated rings. The highest BCUT2D eigenvalue weighted by molar-refractivity contribution is 7.89. The summed E-state index contributed by atoms with van der Waals surface area (Å²) in [7, 11) is -1.89. The Kier molecular flexibility index (Phi) is 3.66. The van der Waals surface area contributed by atoms with Crippen molar-refractivity contribution < 1.29 is 13.2 Å². The molecule has 6 heteroatoms. The zero-order chi connectivity index (χ0) is 12.3. The molecule has 0 spiro atoms. The normalized spacial score (nSPS) is 14.4. The van der Waals surface area contributed by atoms with Gasteiger partial charge in [0.15, 0.2) is 0 Å². The molecule has 2 rings (SSSR count). The van der Waals surface area contributed by atoms with Crippen LogP contribution in [0.15, 0.2) is 23.1 Å². The van der Waals surface area contributed by atoms with E-state index in [1.165, 1.54) is 12.7 Å². The van der Waals surface area contributed by atoms with Crippen LogP contribution < -0.4 is 10.0 Å². The molecule has 0 saturated heterocycles. The Hall–Kier alpha value is -1.11. The first-order chi connectivity index (χ1) is 8.13. The molecule has 0 atom stereocenters. The fourth-order valence-corrected chi connectivity index (χ4v) is 2.84. The van der Waals surface area contributed by atoms with Crippen LogP contribution in [0.5, 0.6) is 0 Å². The summed E-state index contributed by atoms with van der Waals surface area (Å²) >= 11 is 0. The monoisotopic (exact) mass is 256 g/mol. The highest BCUT2D eigenvalue weighted by Crippen LogP contribution is 2.25. The Bertz CT molecular complexity index is 499. The number of sulfonamides is 1. The second-order valence-electron chi connectivity index (χ2n) is 3.89. The number of rotatable bonds is 5. The van der Waals surface area contributed by atoms with Gasteiger partial charge < -0.3 is 10.1 Å². The Balaban J connectivity index is 2.16. The lowest BCUT2D eigenvalue weighted by Crippen LogP contribution is -2.27. The lowest BCUT2D eigenvalue weighted by Gasteiger charge is -2.08. The zero-order valence-electron chi connectivity index (χ0n) is 9.69. The maximum absolute atomic E-state index is 11.9. The van der Waals surface area contributed by atoms with E-state index in [2.05, 4.69) is 10.0 Å². The molecule has 0 saturated carbocycles. The van der Waals surface area contributed by atoms with Crippen LogP contribution in [0.1, 0.15) is 5.56 Å². The standard InChI is InChI=1S/C11H16N2O3S/c1-16-7-6-13-17(14,15)10-3-2-9-4-5-12-11(9)8-10/h2-3,8,12-13H,4-7H2,1H3. The van der Waals surface area contributed by atoms with Crippen molar-refractivity contribution in [1.82, 2.24) is 4.72 Å². The van der Waals surface area contributed by atoms with E-state index in [1.54, 1.807) is 12.1 Å². The molecule has 0 aromatic heterocycles. The van der Waals surface area contributed by atoms with Crippen molar-refractivity contribution in [3.63, 3.8) is 0 Å². The van der Waals surface area contributed by atoms with E-state index < -0.39 is 10.0 Å². The lowest BCUT2D eigenvalue weighted by atomic mass is 10.2. The third-order valence-corrected chi connectivity index (χ3v) is 4.16. The number of nitrogens with one attached hydrogen (secondary N) is 2. The lowest BCUT2D eigenvalue weighted by molar-refractivity contribution is 0.204. The van der Waals surface area contributed by atoms with Crippen molar-refractivity contribution in [3.8, 4) is 0 Å². The van der Waals surface area contributed by atoms with Gasteiger partial charge in [-0.05, 0) is 24.1 Å². The molecule has 2 N–H and O–H groups in total. The molecule has 0 bridgehead atoms. The van der Waals surface area contributed by atoms with Gasteiger partial charge in [-0.3, -0.25) is 0 Å². The van der Waals surface area contributed by atoms with Gasteiger partial charge in [0.2, 0.25) is 10.0 Å². The Morgan fingerprint density at radius 2 is 2.29 bits per heavy atom. The first kappa shape index (κ1) is 12.3. The SMILES string of the molecule is COCCNS(=O)(=O)c1ccc2c(c1)NCC2. The van der Waals surface area contributed by atoms with Crippen LogP contribution in [0.4, 0.5) is 5.69 Å². The number of fused-ring (bicyclic) bond motifs is 1. The van der Waals surface area contributed by atoms with Crippen LogP contribution in [0.3, 0.4) is 0 Å². The van der Waals surface area contributed by atoms with Crippen molar-refractivity contribution in [1.29, 1.82) is 0 Å². The largest absolute Gasteiger partial charge is 0.384 e. The second kappa shape index (κ2) is 5.03. The quantitative estimate of drug-likeness (QED) is 0.756. The molecule has 5 nitrogen and oxygen atoms in total. The average molecular weight is 256 g/mol. The molecule has 1 aromatic rings. The molecule has 1 heterocycles. The van der Waals surface area contributed by atoms with Gasteiger partial charge in [0, 0.05) is 25.9 Å². The fourth-order valence-electron chi connectivity index (χ4n) is 1.80. The smallest absolute Gasteiger partial charge is 0.240 e. The highest BCUT2D eigenvalue weighted by atomic mass is 32.2. The van der Waals surface area contributed by atoms with Crippen molar-refractivity contribution in [2.24, 2.45) is 0 Å². The summed E-state index contributed by atoms with van der Waals surface area (Å²) in [5.74, 6) is 0. The van der Waals surface area contributed by atoms with E-state index >= 15 is 0 Å². The Labute approximate surface area is 101 Å². The van der Waals surface area contributed by atoms with Gasteiger partial charge in [-0.25, -0.2) is 13.1 Å². The van der Waals surface area contributed by atoms with Gasteiger partial charge >= 0.3 is 0 Å². The topological polar surface area (TPSA) is 67.4 Å². The van der Waals surface area contributed by atoms with E-state index in [0.717, 1.165) is 18.7 Å². The van der Waals surface area contributed by atoms with E-state index in [4.69, 9.17) is 4.74 Å². The van der Waals surface area contributed by atoms with Gasteiger partial charge in [-0.15, -0.1) is 0 Å². The molecule has 1 aliphatic rings. The van der Waals surface area contributed by atoms with Crippen LogP contribution in [-0.2, 0) is 21.2 Å². The van der Waals surface area contributed by atoms with Gasteiger partial charge in [-0.1, -0.05) is 6.07 Å². The Morgan fingerprint density at radius 3 is 3.06 bits per heavy atom. The van der Waals surface area contributed by atoms with Crippen molar-refractivity contribution in [2.75, 3.05) is 32.1 Å². The summed E-state index contributed by atoms with van der Waals surface area (Å²) in [6.45, 7) is 1.52. The molecular formula is C11H16N2O3S. The number of hydrogen-bond acceptors (Lipinski definition) is 4. The van der Waals surface area contributed by atoms with Crippen LogP contribution in [0.2, 0.25) is 0 Å². The number of ether oxygens (including phenoxy) is 1. The first-order valence-corrected chi connectivity index (χ1v) is 6.97. The predicted octanol–water partition coefficient (Wildman–Crippen LogP) is 0.579. The van der Waals surface area contributed by atoms with E-state index in [1.807, 2.05) is 6.07 Å². The molecule has 0 amide bonds. The third kappa shape index (κ3) is 2.77. The maximum Gasteiger partial charge on any atom is 0.240 e. The van der Waals surface area contributed by atoms with Crippen LogP contribution in [-0.4, -0.2) is 35.2 Å². The molecule has 94 valence electrons. The minimum atomic E-state index is -3.42. The minimum absolute atomic E-state index is 0.281. The Morgan fingerprint density at radius 1 is 1.47 bits per heavy atom.